The van der Waals surface area contributed by atoms with Crippen molar-refractivity contribution < 1.29 is 0 Å². The van der Waals surface area contributed by atoms with Crippen molar-refractivity contribution in [3.05, 3.63) is 6.33 Å². The molecule has 2 aromatic heterocycles. The summed E-state index contributed by atoms with van der Waals surface area (Å²) in [5.41, 5.74) is 7.95. The van der Waals surface area contributed by atoms with Gasteiger partial charge in [-0.3, -0.25) is 0 Å². The van der Waals surface area contributed by atoms with E-state index in [9.17, 15) is 0 Å². The van der Waals surface area contributed by atoms with E-state index in [1.807, 2.05) is 6.33 Å². The quantitative estimate of drug-likeness (QED) is 0.496. The summed E-state index contributed by atoms with van der Waals surface area (Å²) < 4.78 is 2.28. The highest BCUT2D eigenvalue weighted by molar-refractivity contribution is 5.84. The Morgan fingerprint density at radius 2 is 1.81 bits per heavy atom. The third-order valence-electron chi connectivity index (χ3n) is 7.08. The van der Waals surface area contributed by atoms with Crippen LogP contribution in [0.5, 0.6) is 0 Å². The number of rotatable bonds is 10. The fraction of sp³-hybridized carbons (Fsp3) is 0.783. The van der Waals surface area contributed by atoms with Gasteiger partial charge in [-0.15, -0.1) is 0 Å². The number of nitrogens with one attached hydrogen (secondary N) is 2. The minimum absolute atomic E-state index is 0.341. The molecule has 0 unspecified atom stereocenters. The largest absolute Gasteiger partial charge is 0.368 e. The predicted molar refractivity (Wildman–Crippen MR) is 128 cm³/mol. The zero-order chi connectivity index (χ0) is 21.6. The summed E-state index contributed by atoms with van der Waals surface area (Å²) in [5, 5.41) is 7.17. The first-order valence-corrected chi connectivity index (χ1v) is 12.4. The minimum atomic E-state index is 0.341. The molecule has 8 heteroatoms. The molecule has 0 radical (unpaired) electrons. The van der Waals surface area contributed by atoms with Crippen LogP contribution in [-0.2, 0) is 0 Å². The first-order chi connectivity index (χ1) is 15.2. The van der Waals surface area contributed by atoms with Crippen LogP contribution in [-0.4, -0.2) is 62.7 Å². The smallest absolute Gasteiger partial charge is 0.227 e. The maximum absolute atomic E-state index is 6.09. The fourth-order valence-electron chi connectivity index (χ4n) is 5.05. The molecule has 2 aliphatic rings. The highest BCUT2D eigenvalue weighted by Gasteiger charge is 2.23. The summed E-state index contributed by atoms with van der Waals surface area (Å²) >= 11 is 0. The second-order valence-corrected chi connectivity index (χ2v) is 9.22. The van der Waals surface area contributed by atoms with Gasteiger partial charge in [-0.25, -0.2) is 4.98 Å². The summed E-state index contributed by atoms with van der Waals surface area (Å²) in [6.07, 6.45) is 12.4. The van der Waals surface area contributed by atoms with Crippen molar-refractivity contribution in [1.82, 2.24) is 24.4 Å². The van der Waals surface area contributed by atoms with Gasteiger partial charge in [-0.2, -0.15) is 9.97 Å². The van der Waals surface area contributed by atoms with Crippen molar-refractivity contribution in [2.45, 2.75) is 89.8 Å². The monoisotopic (exact) mass is 428 g/mol. The Labute approximate surface area is 186 Å². The number of imidazole rings is 1. The van der Waals surface area contributed by atoms with Crippen molar-refractivity contribution in [3.63, 3.8) is 0 Å². The second-order valence-electron chi connectivity index (χ2n) is 9.22. The lowest BCUT2D eigenvalue weighted by atomic mass is 9.92. The van der Waals surface area contributed by atoms with Gasteiger partial charge in [0.15, 0.2) is 17.0 Å². The Morgan fingerprint density at radius 1 is 1.06 bits per heavy atom. The van der Waals surface area contributed by atoms with Crippen LogP contribution in [0.3, 0.4) is 0 Å². The molecule has 4 rings (SSSR count). The van der Waals surface area contributed by atoms with E-state index in [2.05, 4.69) is 33.9 Å². The van der Waals surface area contributed by atoms with Crippen molar-refractivity contribution in [2.24, 2.45) is 5.73 Å². The van der Waals surface area contributed by atoms with Gasteiger partial charge in [0.05, 0.1) is 6.33 Å². The second kappa shape index (κ2) is 10.6. The van der Waals surface area contributed by atoms with Crippen molar-refractivity contribution in [2.75, 3.05) is 36.8 Å². The summed E-state index contributed by atoms with van der Waals surface area (Å²) in [7, 11) is 0. The zero-order valence-electron chi connectivity index (χ0n) is 19.3. The number of nitrogens with two attached hydrogens (primary N) is 1. The van der Waals surface area contributed by atoms with E-state index in [1.165, 1.54) is 25.7 Å². The number of aromatic nitrogens is 4. The van der Waals surface area contributed by atoms with Crippen LogP contribution in [0.1, 0.15) is 77.7 Å². The molecular formula is C23H40N8. The molecule has 2 saturated carbocycles. The molecule has 2 aliphatic carbocycles. The molecule has 0 amide bonds. The van der Waals surface area contributed by atoms with E-state index in [4.69, 9.17) is 20.7 Å². The van der Waals surface area contributed by atoms with Crippen molar-refractivity contribution in [1.29, 1.82) is 0 Å². The van der Waals surface area contributed by atoms with Gasteiger partial charge < -0.3 is 25.8 Å². The predicted octanol–water partition coefficient (Wildman–Crippen LogP) is 3.77. The zero-order valence-corrected chi connectivity index (χ0v) is 19.3. The van der Waals surface area contributed by atoms with E-state index in [0.29, 0.717) is 18.1 Å². The number of anilines is 2. The van der Waals surface area contributed by atoms with Gasteiger partial charge in [0.2, 0.25) is 5.95 Å². The lowest BCUT2D eigenvalue weighted by molar-refractivity contribution is 0.303. The van der Waals surface area contributed by atoms with Crippen molar-refractivity contribution >= 4 is 22.9 Å². The number of fused-ring (bicyclic) bond motifs is 1. The van der Waals surface area contributed by atoms with Gasteiger partial charge in [0, 0.05) is 24.7 Å². The molecule has 0 spiro atoms. The maximum atomic E-state index is 6.09. The Kier molecular flexibility index (Phi) is 7.61. The Bertz CT molecular complexity index is 816. The normalized spacial score (nSPS) is 22.5. The first-order valence-electron chi connectivity index (χ1n) is 12.4. The first kappa shape index (κ1) is 22.3. The third kappa shape index (κ3) is 5.47. The van der Waals surface area contributed by atoms with Crippen LogP contribution in [0.25, 0.3) is 11.2 Å². The summed E-state index contributed by atoms with van der Waals surface area (Å²) in [5.74, 6) is 1.58. The molecule has 4 N–H and O–H groups in total. The third-order valence-corrected chi connectivity index (χ3v) is 7.08. The van der Waals surface area contributed by atoms with E-state index < -0.39 is 0 Å². The van der Waals surface area contributed by atoms with E-state index in [-0.39, 0.29) is 0 Å². The molecule has 0 saturated heterocycles. The highest BCUT2D eigenvalue weighted by Crippen LogP contribution is 2.33. The van der Waals surface area contributed by atoms with Gasteiger partial charge in [0.25, 0.3) is 0 Å². The van der Waals surface area contributed by atoms with Crippen molar-refractivity contribution in [3.8, 4) is 0 Å². The molecule has 31 heavy (non-hydrogen) atoms. The van der Waals surface area contributed by atoms with Crippen LogP contribution in [0.4, 0.5) is 11.8 Å². The van der Waals surface area contributed by atoms with E-state index in [0.717, 1.165) is 81.2 Å². The topological polar surface area (TPSA) is 96.9 Å². The molecule has 0 aromatic carbocycles. The van der Waals surface area contributed by atoms with Gasteiger partial charge in [0.1, 0.15) is 0 Å². The molecule has 8 nitrogen and oxygen atoms in total. The lowest BCUT2D eigenvalue weighted by Gasteiger charge is -2.27. The highest BCUT2D eigenvalue weighted by atomic mass is 15.2. The lowest BCUT2D eigenvalue weighted by Crippen LogP contribution is -2.33. The molecular weight excluding hydrogens is 388 g/mol. The van der Waals surface area contributed by atoms with Crippen LogP contribution < -0.4 is 16.4 Å². The Morgan fingerprint density at radius 3 is 2.52 bits per heavy atom. The van der Waals surface area contributed by atoms with Crippen LogP contribution in [0, 0.1) is 0 Å². The fourth-order valence-corrected chi connectivity index (χ4v) is 5.05. The van der Waals surface area contributed by atoms with Gasteiger partial charge in [-0.1, -0.05) is 26.7 Å². The summed E-state index contributed by atoms with van der Waals surface area (Å²) in [6, 6.07) is 1.25. The Hall–Kier alpha value is -1.93. The summed E-state index contributed by atoms with van der Waals surface area (Å²) in [6.45, 7) is 8.61. The maximum Gasteiger partial charge on any atom is 0.227 e. The van der Waals surface area contributed by atoms with Crippen LogP contribution in [0.2, 0.25) is 0 Å². The van der Waals surface area contributed by atoms with E-state index >= 15 is 0 Å². The SMILES string of the molecule is CCN(CC)CCCNc1nc(NC2CCC(N)CC2)nc2c1ncn2C1CCCC1. The number of hydrogen-bond donors (Lipinski definition) is 3. The molecule has 0 atom stereocenters. The average molecular weight is 429 g/mol. The molecule has 2 aromatic rings. The molecule has 2 fully saturated rings. The molecule has 0 aliphatic heterocycles. The van der Waals surface area contributed by atoms with Crippen LogP contribution in [0.15, 0.2) is 6.33 Å². The Balaban J connectivity index is 1.52. The molecule has 2 heterocycles. The summed E-state index contributed by atoms with van der Waals surface area (Å²) in [4.78, 5) is 17.0. The molecule has 172 valence electrons. The van der Waals surface area contributed by atoms with Gasteiger partial charge in [-0.05, 0) is 64.6 Å². The van der Waals surface area contributed by atoms with Crippen LogP contribution >= 0.6 is 0 Å². The average Bonchev–Trinajstić information content (AvgIpc) is 3.45. The molecule has 0 bridgehead atoms. The minimum Gasteiger partial charge on any atom is -0.368 e. The van der Waals surface area contributed by atoms with E-state index in [1.54, 1.807) is 0 Å². The number of hydrogen-bond acceptors (Lipinski definition) is 7. The standard InChI is InChI=1S/C23H40N8/c1-3-30(4-2)15-7-14-25-21-20-22(31(16-26-20)19-8-5-6-9-19)29-23(28-21)27-18-12-10-17(24)11-13-18/h16-19H,3-15,24H2,1-2H3,(H2,25,27,28,29). The van der Waals surface area contributed by atoms with Gasteiger partial charge >= 0.3 is 0 Å². The number of nitrogens with zero attached hydrogens (tertiary/aromatic N) is 5.